The van der Waals surface area contributed by atoms with E-state index in [9.17, 15) is 58.5 Å². The van der Waals surface area contributed by atoms with Crippen LogP contribution in [0.2, 0.25) is 0 Å². The summed E-state index contributed by atoms with van der Waals surface area (Å²) in [5, 5.41) is 52.5. The van der Waals surface area contributed by atoms with Crippen molar-refractivity contribution in [3.63, 3.8) is 0 Å². The molecule has 0 radical (unpaired) electrons. The quantitative estimate of drug-likeness (QED) is 0.00896. The fourth-order valence-corrected chi connectivity index (χ4v) is 7.46. The molecule has 0 bridgehead atoms. The molecule has 0 fully saturated rings. The van der Waals surface area contributed by atoms with Crippen molar-refractivity contribution in [2.45, 2.75) is 19.3 Å². The van der Waals surface area contributed by atoms with Crippen molar-refractivity contribution in [2.75, 3.05) is 112 Å². The van der Waals surface area contributed by atoms with Crippen molar-refractivity contribution in [1.82, 2.24) is 19.6 Å². The zero-order valence-corrected chi connectivity index (χ0v) is 58.9. The van der Waals surface area contributed by atoms with E-state index in [-0.39, 0.29) is 30.9 Å². The lowest BCUT2D eigenvalue weighted by molar-refractivity contribution is -0.147. The lowest BCUT2D eigenvalue weighted by Crippen LogP contribution is -3.00. The third-order valence-corrected chi connectivity index (χ3v) is 12.5. The number of anilines is 1. The minimum absolute atomic E-state index is 0. The van der Waals surface area contributed by atoms with Crippen molar-refractivity contribution in [3.05, 3.63) is 152 Å². The molecular formula is C65H75ClN10O27. The minimum Gasteiger partial charge on any atom is -1.00 e. The van der Waals surface area contributed by atoms with E-state index in [0.717, 1.165) is 42.8 Å². The number of aliphatic hydroxyl groups is 1. The maximum Gasteiger partial charge on any atom is 0.389 e. The second-order valence-electron chi connectivity index (χ2n) is 18.8. The number of rotatable bonds is 23. The number of aromatic hydroxyl groups is 2. The standard InChI is InChI=1S/C15H18N2O7.C14H14N2O6.C13H13N3O5.C8H9N2O2.C8H11NO2.C7H10O5.ClH/c1-21-11-6-5-9(7-12(11)22-2)16-17-14(15(20)24-4)10(18)8-13(19)23-3;1-20-10-5-4-8(6-11(10)21-2)16-12(18)7-9(17)13(15-16)14(19)22-3;1-20-9-4-3-7(5-10(9)21-2)16-11(18)6-8(17)12(15-16)13(14)19;1-11-7-4-3-6(10-9)5-8(7)12-2;1-10-7-4-3-6(9)5-8(7)11-2;1-11-6(9)3-5(8)4-7(10)12-2;/h5-7,18H,8H2,1-4H3;4-7,17H,1-3H3;3-6,17H,1-2H3,(H2,14,19);3-5H,1-2H3;3-5H,9H2,1-2H3;3-4H2,1-2H3;1H/q;;;+1;;;/p-1. The van der Waals surface area contributed by atoms with E-state index >= 15 is 0 Å². The molecule has 0 unspecified atom stereocenters. The summed E-state index contributed by atoms with van der Waals surface area (Å²) in [5.41, 5.74) is 10.2. The van der Waals surface area contributed by atoms with Crippen molar-refractivity contribution in [3.8, 4) is 80.4 Å². The monoisotopic (exact) mass is 1460 g/mol. The number of diazo groups is 1. The second kappa shape index (κ2) is 45.2. The number of aliphatic hydroxyl groups excluding tert-OH is 1. The van der Waals surface area contributed by atoms with Gasteiger partial charge in [-0.25, -0.2) is 9.59 Å². The smallest absolute Gasteiger partial charge is 0.389 e. The fraction of sp³-hybridized carbons (Fsp3) is 0.277. The molecule has 5 aromatic carbocycles. The number of esters is 5. The van der Waals surface area contributed by atoms with Gasteiger partial charge in [0.25, 0.3) is 17.0 Å². The van der Waals surface area contributed by atoms with Gasteiger partial charge in [0, 0.05) is 48.2 Å². The first-order chi connectivity index (χ1) is 48.6. The van der Waals surface area contributed by atoms with Crippen LogP contribution in [0.4, 0.5) is 17.1 Å². The van der Waals surface area contributed by atoms with Crippen LogP contribution in [0.1, 0.15) is 40.2 Å². The van der Waals surface area contributed by atoms with Gasteiger partial charge in [-0.3, -0.25) is 33.6 Å². The number of aromatic nitrogens is 4. The highest BCUT2D eigenvalue weighted by Crippen LogP contribution is 2.34. The lowest BCUT2D eigenvalue weighted by atomic mass is 10.2. The highest BCUT2D eigenvalue weighted by atomic mass is 35.5. The van der Waals surface area contributed by atoms with Crippen LogP contribution in [0.5, 0.6) is 69.0 Å². The number of amides is 1. The third kappa shape index (κ3) is 27.1. The highest BCUT2D eigenvalue weighted by molar-refractivity contribution is 6.03. The molecule has 37 nitrogen and oxygen atoms in total. The first-order valence-electron chi connectivity index (χ1n) is 28.5. The van der Waals surface area contributed by atoms with Gasteiger partial charge in [-0.2, -0.15) is 24.7 Å². The molecule has 554 valence electrons. The van der Waals surface area contributed by atoms with Gasteiger partial charge in [-0.15, -0.1) is 5.11 Å². The van der Waals surface area contributed by atoms with Crippen LogP contribution in [0.25, 0.3) is 16.4 Å². The number of hydrogen-bond acceptors (Lipinski definition) is 33. The van der Waals surface area contributed by atoms with E-state index in [1.807, 2.05) is 0 Å². The number of Topliss-reactive ketones (excluding diaryl/α,β-unsaturated/α-hetero) is 1. The Kier molecular flexibility index (Phi) is 38.5. The highest BCUT2D eigenvalue weighted by Gasteiger charge is 2.22. The lowest BCUT2D eigenvalue weighted by Gasteiger charge is -2.11. The molecule has 0 aliphatic carbocycles. The van der Waals surface area contributed by atoms with Gasteiger partial charge in [0.05, 0.1) is 130 Å². The Morgan fingerprint density at radius 1 is 0.466 bits per heavy atom. The summed E-state index contributed by atoms with van der Waals surface area (Å²) in [6, 6.07) is 25.9. The molecule has 0 aliphatic heterocycles. The van der Waals surface area contributed by atoms with Crippen LogP contribution in [-0.4, -0.2) is 183 Å². The topological polar surface area (TPSA) is 493 Å². The second-order valence-corrected chi connectivity index (χ2v) is 18.8. The Morgan fingerprint density at radius 2 is 0.835 bits per heavy atom. The molecule has 103 heavy (non-hydrogen) atoms. The van der Waals surface area contributed by atoms with Crippen LogP contribution in [-0.2, 0) is 47.7 Å². The minimum atomic E-state index is -0.944. The maximum atomic E-state index is 12.0. The van der Waals surface area contributed by atoms with E-state index in [2.05, 4.69) is 49.1 Å². The van der Waals surface area contributed by atoms with Crippen LogP contribution in [0, 0.1) is 5.39 Å². The van der Waals surface area contributed by atoms with Crippen molar-refractivity contribution >= 4 is 58.6 Å². The van der Waals surface area contributed by atoms with Gasteiger partial charge >= 0.3 is 35.5 Å². The predicted octanol–water partition coefficient (Wildman–Crippen LogP) is 3.25. The number of carbonyl (C=O) groups excluding carboxylic acids is 7. The number of azo groups is 1. The Morgan fingerprint density at radius 3 is 1.23 bits per heavy atom. The number of benzene rings is 5. The molecule has 7 rings (SSSR count). The molecule has 1 amide bonds. The number of ether oxygens (including phenoxy) is 15. The first kappa shape index (κ1) is 87.6. The maximum absolute atomic E-state index is 12.0. The molecule has 7 N–H and O–H groups in total. The van der Waals surface area contributed by atoms with Gasteiger partial charge in [0.2, 0.25) is 16.8 Å². The van der Waals surface area contributed by atoms with Crippen molar-refractivity contribution < 1.29 is 132 Å². The normalized spacial score (nSPS) is 10.0. The van der Waals surface area contributed by atoms with E-state index in [4.69, 9.17) is 64.2 Å². The van der Waals surface area contributed by atoms with E-state index < -0.39 is 87.7 Å². The number of nitrogens with zero attached hydrogens (tertiary/aromatic N) is 8. The van der Waals surface area contributed by atoms with E-state index in [0.29, 0.717) is 85.9 Å². The average molecular weight is 1460 g/mol. The van der Waals surface area contributed by atoms with E-state index in [1.54, 1.807) is 94.1 Å². The molecule has 7 aromatic rings. The Bertz CT molecular complexity index is 4270. The number of ketones is 1. The largest absolute Gasteiger partial charge is 1.00 e. The van der Waals surface area contributed by atoms with Gasteiger partial charge in [0.15, 0.2) is 85.4 Å². The third-order valence-electron chi connectivity index (χ3n) is 12.5. The van der Waals surface area contributed by atoms with Gasteiger partial charge in [-0.1, -0.05) is 0 Å². The molecule has 38 heteroatoms. The number of nitrogen functional groups attached to an aromatic ring is 1. The van der Waals surface area contributed by atoms with Crippen LogP contribution >= 0.6 is 0 Å². The van der Waals surface area contributed by atoms with E-state index in [1.165, 1.54) is 82.2 Å². The zero-order valence-electron chi connectivity index (χ0n) is 58.2. The molecule has 0 saturated heterocycles. The predicted molar refractivity (Wildman–Crippen MR) is 358 cm³/mol. The summed E-state index contributed by atoms with van der Waals surface area (Å²) in [7, 11) is 20.8. The van der Waals surface area contributed by atoms with Crippen molar-refractivity contribution in [2.24, 2.45) is 16.0 Å². The SMILES string of the molecule is COC(=O)CC(=O)CC(=O)OC.COC(=O)CC(O)=C(N=Nc1ccc(OC)c(OC)c1)C(=O)OC.COC(=O)c1nn(-c2ccc(OC)c(OC)c2)c(=O)cc1O.COc1ccc(-n2nc(C(N)=O)c(O)cc2=O)cc1OC.COc1ccc(N)cc1OC.COc1ccc([N+]#N)cc1OC.[Cl-]. The Balaban J connectivity index is 0.000000633. The number of hydrogen-bond donors (Lipinski definition) is 5. The molecular weight excluding hydrogens is 1390 g/mol. The summed E-state index contributed by atoms with van der Waals surface area (Å²) in [4.78, 5) is 104. The molecule has 0 atom stereocenters. The summed E-state index contributed by atoms with van der Waals surface area (Å²) < 4.78 is 74.5. The number of methoxy groups -OCH3 is 15. The molecule has 0 aliphatic rings. The molecule has 0 saturated carbocycles. The van der Waals surface area contributed by atoms with Gasteiger partial charge < -0.3 is 110 Å². The van der Waals surface area contributed by atoms with Crippen LogP contribution in [0.3, 0.4) is 0 Å². The van der Waals surface area contributed by atoms with Crippen LogP contribution < -0.4 is 82.4 Å². The first-order valence-corrected chi connectivity index (χ1v) is 28.5. The Hall–Kier alpha value is -13.4. The summed E-state index contributed by atoms with van der Waals surface area (Å²) in [6.07, 6.45) is -1.30. The Labute approximate surface area is 593 Å². The summed E-state index contributed by atoms with van der Waals surface area (Å²) in [6.45, 7) is 0. The zero-order chi connectivity index (χ0) is 76.8. The van der Waals surface area contributed by atoms with Gasteiger partial charge in [-0.05, 0) is 54.6 Å². The number of halogens is 1. The summed E-state index contributed by atoms with van der Waals surface area (Å²) >= 11 is 0. The van der Waals surface area contributed by atoms with Gasteiger partial charge in [0.1, 0.15) is 25.0 Å². The van der Waals surface area contributed by atoms with Crippen LogP contribution in [0.15, 0.2) is 134 Å². The van der Waals surface area contributed by atoms with Crippen molar-refractivity contribution in [1.29, 1.82) is 5.39 Å². The summed E-state index contributed by atoms with van der Waals surface area (Å²) in [5.74, 6) is -1.85. The molecule has 2 heterocycles. The average Bonchev–Trinajstić information content (AvgIpc) is 0.805. The molecule has 0 spiro atoms. The number of carbonyl (C=O) groups is 7. The number of nitrogens with two attached hydrogens (primary N) is 2. The number of primary amides is 1. The molecule has 2 aromatic heterocycles. The fourth-order valence-electron chi connectivity index (χ4n) is 7.46.